The summed E-state index contributed by atoms with van der Waals surface area (Å²) in [7, 11) is 3.02. The zero-order valence-electron chi connectivity index (χ0n) is 25.0. The van der Waals surface area contributed by atoms with Crippen molar-refractivity contribution in [3.8, 4) is 0 Å². The number of benzene rings is 1. The Bertz CT molecular complexity index is 1020. The van der Waals surface area contributed by atoms with Gasteiger partial charge in [0.25, 0.3) is 0 Å². The highest BCUT2D eigenvalue weighted by molar-refractivity contribution is 5.94. The third-order valence-corrected chi connectivity index (χ3v) is 7.36. The summed E-state index contributed by atoms with van der Waals surface area (Å²) in [5.74, 6) is -1.97. The maximum atomic E-state index is 13.5. The summed E-state index contributed by atoms with van der Waals surface area (Å²) in [5, 5.41) is 15.6. The first-order chi connectivity index (χ1) is 18.8. The molecule has 0 aromatic heterocycles. The summed E-state index contributed by atoms with van der Waals surface area (Å²) in [5.41, 5.74) is 1.58. The van der Waals surface area contributed by atoms with E-state index in [9.17, 15) is 24.3 Å². The van der Waals surface area contributed by atoms with Gasteiger partial charge in [0.05, 0.1) is 18.8 Å². The minimum atomic E-state index is -1.22. The maximum Gasteiger partial charge on any atom is 0.410 e. The summed E-state index contributed by atoms with van der Waals surface area (Å²) < 4.78 is 10.6. The number of aliphatic hydroxyl groups is 1. The Morgan fingerprint density at radius 1 is 1.10 bits per heavy atom. The summed E-state index contributed by atoms with van der Waals surface area (Å²) in [6, 6.07) is 5.75. The average Bonchev–Trinajstić information content (AvgIpc) is 2.91. The lowest BCUT2D eigenvalue weighted by atomic mass is 9.86. The molecule has 2 rings (SSSR count). The summed E-state index contributed by atoms with van der Waals surface area (Å²) in [6.07, 6.45) is 2.78. The Morgan fingerprint density at radius 2 is 1.77 bits per heavy atom. The van der Waals surface area contributed by atoms with Crippen molar-refractivity contribution in [2.75, 3.05) is 20.8 Å². The number of hydrogen-bond acceptors (Lipinski definition) is 7. The molecule has 1 aliphatic rings. The SMILES string of the molecule is COC(C)CCC(CC(=O)[C@H](CO)NC(=O)[C@H](C)N(C)C(=O)OC(C)(C)C)C(=O)N[C@@H]1CCCc2ccccc21. The van der Waals surface area contributed by atoms with E-state index in [-0.39, 0.29) is 24.5 Å². The molecule has 2 unspecified atom stereocenters. The number of amides is 3. The van der Waals surface area contributed by atoms with Gasteiger partial charge in [0.2, 0.25) is 11.8 Å². The second-order valence-electron chi connectivity index (χ2n) is 11.7. The van der Waals surface area contributed by atoms with Crippen molar-refractivity contribution in [1.29, 1.82) is 0 Å². The smallest absolute Gasteiger partial charge is 0.410 e. The van der Waals surface area contributed by atoms with Gasteiger partial charge in [-0.3, -0.25) is 19.3 Å². The van der Waals surface area contributed by atoms with Crippen molar-refractivity contribution >= 4 is 23.7 Å². The van der Waals surface area contributed by atoms with E-state index in [4.69, 9.17) is 9.47 Å². The molecule has 0 fully saturated rings. The molecule has 3 amide bonds. The molecule has 40 heavy (non-hydrogen) atoms. The zero-order chi connectivity index (χ0) is 30.0. The number of ether oxygens (including phenoxy) is 2. The lowest BCUT2D eigenvalue weighted by Crippen LogP contribution is -2.53. The fourth-order valence-corrected chi connectivity index (χ4v) is 4.65. The molecular formula is C30H47N3O7. The molecule has 0 bridgehead atoms. The van der Waals surface area contributed by atoms with Crippen LogP contribution in [0.3, 0.4) is 0 Å². The highest BCUT2D eigenvalue weighted by Gasteiger charge is 2.32. The zero-order valence-corrected chi connectivity index (χ0v) is 25.0. The largest absolute Gasteiger partial charge is 0.444 e. The van der Waals surface area contributed by atoms with Crippen molar-refractivity contribution in [3.63, 3.8) is 0 Å². The molecule has 10 nitrogen and oxygen atoms in total. The molecule has 1 aromatic rings. The molecule has 5 atom stereocenters. The highest BCUT2D eigenvalue weighted by Crippen LogP contribution is 2.30. The third-order valence-electron chi connectivity index (χ3n) is 7.36. The van der Waals surface area contributed by atoms with Crippen LogP contribution >= 0.6 is 0 Å². The van der Waals surface area contributed by atoms with Crippen LogP contribution in [0.25, 0.3) is 0 Å². The van der Waals surface area contributed by atoms with Gasteiger partial charge in [-0.2, -0.15) is 0 Å². The minimum absolute atomic E-state index is 0.0987. The second-order valence-corrected chi connectivity index (χ2v) is 11.7. The fourth-order valence-electron chi connectivity index (χ4n) is 4.65. The molecule has 0 saturated heterocycles. The first-order valence-corrected chi connectivity index (χ1v) is 14.1. The Labute approximate surface area is 238 Å². The van der Waals surface area contributed by atoms with E-state index >= 15 is 0 Å². The quantitative estimate of drug-likeness (QED) is 0.336. The second kappa shape index (κ2) is 15.1. The van der Waals surface area contributed by atoms with Gasteiger partial charge in [-0.25, -0.2) is 4.79 Å². The van der Waals surface area contributed by atoms with Crippen molar-refractivity contribution in [1.82, 2.24) is 15.5 Å². The molecule has 1 aromatic carbocycles. The standard InChI is InChI=1S/C30H47N3O7/c1-19(39-7)15-16-22(28(37)31-24-14-10-12-21-11-8-9-13-23(21)24)17-26(35)25(18-34)32-27(36)20(2)33(6)29(38)40-30(3,4)5/h8-9,11,13,19-20,22,24-25,34H,10,12,14-18H2,1-7H3,(H,31,37)(H,32,36)/t19?,20-,22?,24+,25-/m0/s1. The first kappa shape index (κ1) is 33.2. The van der Waals surface area contributed by atoms with Crippen LogP contribution in [0, 0.1) is 5.92 Å². The Morgan fingerprint density at radius 3 is 2.40 bits per heavy atom. The molecule has 3 N–H and O–H groups in total. The topological polar surface area (TPSA) is 134 Å². The predicted molar refractivity (Wildman–Crippen MR) is 152 cm³/mol. The molecule has 224 valence electrons. The van der Waals surface area contributed by atoms with Crippen LogP contribution in [0.5, 0.6) is 0 Å². The number of carbonyl (C=O) groups excluding carboxylic acids is 4. The van der Waals surface area contributed by atoms with E-state index < -0.39 is 48.0 Å². The number of hydrogen-bond donors (Lipinski definition) is 3. The van der Waals surface area contributed by atoms with Gasteiger partial charge < -0.3 is 25.2 Å². The van der Waals surface area contributed by atoms with Crippen molar-refractivity contribution in [2.24, 2.45) is 5.92 Å². The van der Waals surface area contributed by atoms with Crippen LogP contribution < -0.4 is 10.6 Å². The van der Waals surface area contributed by atoms with E-state index in [1.165, 1.54) is 19.5 Å². The van der Waals surface area contributed by atoms with Gasteiger partial charge in [0.15, 0.2) is 5.78 Å². The molecular weight excluding hydrogens is 514 g/mol. The lowest BCUT2D eigenvalue weighted by Gasteiger charge is -2.29. The van der Waals surface area contributed by atoms with Crippen LogP contribution in [0.1, 0.15) is 83.9 Å². The van der Waals surface area contributed by atoms with E-state index in [0.717, 1.165) is 29.7 Å². The lowest BCUT2D eigenvalue weighted by molar-refractivity contribution is -0.134. The van der Waals surface area contributed by atoms with Crippen LogP contribution in [0.2, 0.25) is 0 Å². The number of ketones is 1. The minimum Gasteiger partial charge on any atom is -0.444 e. The Balaban J connectivity index is 2.09. The van der Waals surface area contributed by atoms with Crippen LogP contribution in [-0.4, -0.2) is 78.3 Å². The van der Waals surface area contributed by atoms with Gasteiger partial charge in [-0.15, -0.1) is 0 Å². The summed E-state index contributed by atoms with van der Waals surface area (Å²) >= 11 is 0. The van der Waals surface area contributed by atoms with Gasteiger partial charge in [-0.05, 0) is 77.8 Å². The van der Waals surface area contributed by atoms with Crippen molar-refractivity contribution in [3.05, 3.63) is 35.4 Å². The van der Waals surface area contributed by atoms with Gasteiger partial charge in [0.1, 0.15) is 17.7 Å². The Kier molecular flexibility index (Phi) is 12.6. The molecule has 0 heterocycles. The summed E-state index contributed by atoms with van der Waals surface area (Å²) in [4.78, 5) is 53.1. The molecule has 0 radical (unpaired) electrons. The van der Waals surface area contributed by atoms with E-state index in [1.807, 2.05) is 25.1 Å². The molecule has 10 heteroatoms. The van der Waals surface area contributed by atoms with E-state index in [2.05, 4.69) is 16.7 Å². The molecule has 0 saturated carbocycles. The molecule has 0 aliphatic heterocycles. The molecule has 0 spiro atoms. The fraction of sp³-hybridized carbons (Fsp3) is 0.667. The van der Waals surface area contributed by atoms with Crippen LogP contribution in [-0.2, 0) is 30.3 Å². The normalized spacial score (nSPS) is 17.9. The Hall–Kier alpha value is -2.98. The van der Waals surface area contributed by atoms with Gasteiger partial charge >= 0.3 is 6.09 Å². The number of methoxy groups -OCH3 is 1. The van der Waals surface area contributed by atoms with E-state index in [1.54, 1.807) is 27.9 Å². The predicted octanol–water partition coefficient (Wildman–Crippen LogP) is 3.30. The summed E-state index contributed by atoms with van der Waals surface area (Å²) in [6.45, 7) is 7.92. The van der Waals surface area contributed by atoms with Gasteiger partial charge in [-0.1, -0.05) is 24.3 Å². The first-order valence-electron chi connectivity index (χ1n) is 14.1. The van der Waals surface area contributed by atoms with Crippen LogP contribution in [0.15, 0.2) is 24.3 Å². The molecule has 1 aliphatic carbocycles. The highest BCUT2D eigenvalue weighted by atomic mass is 16.6. The van der Waals surface area contributed by atoms with Crippen molar-refractivity contribution in [2.45, 2.75) is 103 Å². The number of carbonyl (C=O) groups is 4. The monoisotopic (exact) mass is 561 g/mol. The van der Waals surface area contributed by atoms with Gasteiger partial charge in [0, 0.05) is 26.5 Å². The number of Topliss-reactive ketones (excluding diaryl/α,β-unsaturated/α-hetero) is 1. The number of nitrogens with zero attached hydrogens (tertiary/aromatic N) is 1. The number of rotatable bonds is 13. The number of fused-ring (bicyclic) bond motifs is 1. The van der Waals surface area contributed by atoms with Crippen molar-refractivity contribution < 1.29 is 33.8 Å². The average molecular weight is 562 g/mol. The number of aryl methyl sites for hydroxylation is 1. The number of aliphatic hydroxyl groups excluding tert-OH is 1. The maximum absolute atomic E-state index is 13.5. The number of likely N-dealkylation sites (N-methyl/N-ethyl adjacent to an activating group) is 1. The number of nitrogens with one attached hydrogen (secondary N) is 2. The van der Waals surface area contributed by atoms with Crippen LogP contribution in [0.4, 0.5) is 4.79 Å². The van der Waals surface area contributed by atoms with E-state index in [0.29, 0.717) is 12.8 Å². The third kappa shape index (κ3) is 9.89.